The van der Waals surface area contributed by atoms with Crippen LogP contribution in [0.5, 0.6) is 0 Å². The van der Waals surface area contributed by atoms with Crippen molar-refractivity contribution < 1.29 is 47.0 Å². The summed E-state index contributed by atoms with van der Waals surface area (Å²) in [5, 5.41) is 19.3. The van der Waals surface area contributed by atoms with E-state index < -0.39 is 36.5 Å². The van der Waals surface area contributed by atoms with Gasteiger partial charge < -0.3 is 15.0 Å². The number of aliphatic carboxylic acids is 1. The van der Waals surface area contributed by atoms with E-state index >= 15 is 0 Å². The Morgan fingerprint density at radius 1 is 1.50 bits per heavy atom. The van der Waals surface area contributed by atoms with Crippen molar-refractivity contribution in [2.45, 2.75) is 31.5 Å². The predicted molar refractivity (Wildman–Crippen MR) is 33.4 cm³/mol. The molecule has 0 unspecified atom stereocenters. The Labute approximate surface area is 90.5 Å². The minimum Gasteiger partial charge on any atom is -0.549 e. The van der Waals surface area contributed by atoms with E-state index in [1.54, 1.807) is 0 Å². The zero-order valence-corrected chi connectivity index (χ0v) is 7.60. The van der Waals surface area contributed by atoms with Crippen LogP contribution in [-0.2, 0) is 4.79 Å². The van der Waals surface area contributed by atoms with Crippen LogP contribution in [0.1, 0.15) is 19.3 Å². The zero-order valence-electron chi connectivity index (χ0n) is 7.60. The summed E-state index contributed by atoms with van der Waals surface area (Å²) in [6.45, 7) is 0. The third kappa shape index (κ3) is 2.07. The number of alkyl halides is 3. The second-order valence-corrected chi connectivity index (χ2v) is 3.26. The van der Waals surface area contributed by atoms with E-state index in [1.165, 1.54) is 0 Å². The Balaban J connectivity index is 0.00000169. The fourth-order valence-corrected chi connectivity index (χ4v) is 1.58. The molecule has 1 aliphatic carbocycles. The summed E-state index contributed by atoms with van der Waals surface area (Å²) >= 11 is 0. The molecule has 1 saturated carbocycles. The van der Waals surface area contributed by atoms with Gasteiger partial charge >= 0.3 is 25.0 Å². The minimum absolute atomic E-state index is 0. The molecule has 1 fully saturated rings. The molecule has 0 spiro atoms. The van der Waals surface area contributed by atoms with Crippen molar-refractivity contribution in [3.63, 3.8) is 0 Å². The molecule has 0 aromatic carbocycles. The number of carbonyl (C=O) groups excluding carboxylic acids is 1. The molecule has 14 heavy (non-hydrogen) atoms. The van der Waals surface area contributed by atoms with Crippen LogP contribution < -0.4 is 24.0 Å². The van der Waals surface area contributed by atoms with Crippen LogP contribution in [-0.4, -0.2) is 23.4 Å². The van der Waals surface area contributed by atoms with Crippen LogP contribution in [0.25, 0.3) is 0 Å². The van der Waals surface area contributed by atoms with Crippen molar-refractivity contribution in [3.8, 4) is 0 Å². The van der Waals surface area contributed by atoms with E-state index in [0.29, 0.717) is 0 Å². The molecule has 0 heterocycles. The molecule has 1 aliphatic rings. The van der Waals surface area contributed by atoms with Gasteiger partial charge in [-0.05, 0) is 19.3 Å². The summed E-state index contributed by atoms with van der Waals surface area (Å²) in [5.41, 5.74) is -2.84. The van der Waals surface area contributed by atoms with Crippen LogP contribution in [0, 0.1) is 5.41 Å². The Morgan fingerprint density at radius 2 is 2.00 bits per heavy atom. The number of rotatable bonds is 1. The van der Waals surface area contributed by atoms with Crippen LogP contribution in [0.2, 0.25) is 0 Å². The molecular formula is C7H8F3LiO3. The van der Waals surface area contributed by atoms with Gasteiger partial charge in [0.05, 0.1) is 12.1 Å². The van der Waals surface area contributed by atoms with Gasteiger partial charge in [0.2, 0.25) is 0 Å². The van der Waals surface area contributed by atoms with Crippen LogP contribution in [0.15, 0.2) is 0 Å². The Hall–Kier alpha value is -0.183. The molecule has 0 bridgehead atoms. The Morgan fingerprint density at radius 3 is 2.14 bits per heavy atom. The third-order valence-corrected chi connectivity index (χ3v) is 2.42. The van der Waals surface area contributed by atoms with E-state index in [0.717, 1.165) is 0 Å². The number of halogens is 3. The topological polar surface area (TPSA) is 60.4 Å². The maximum absolute atomic E-state index is 12.3. The normalized spacial score (nSPS) is 32.4. The van der Waals surface area contributed by atoms with Crippen molar-refractivity contribution in [2.24, 2.45) is 5.41 Å². The number of carbonyl (C=O) groups is 1. The average molecular weight is 204 g/mol. The molecule has 0 saturated heterocycles. The number of carboxylic acids is 1. The predicted octanol–water partition coefficient (Wildman–Crippen LogP) is -3.17. The molecule has 1 rings (SSSR count). The fourth-order valence-electron chi connectivity index (χ4n) is 1.58. The van der Waals surface area contributed by atoms with Gasteiger partial charge in [-0.15, -0.1) is 0 Å². The molecule has 2 atom stereocenters. The molecule has 0 amide bonds. The van der Waals surface area contributed by atoms with Crippen LogP contribution in [0.3, 0.4) is 0 Å². The van der Waals surface area contributed by atoms with Gasteiger partial charge in [0.1, 0.15) is 5.41 Å². The van der Waals surface area contributed by atoms with Gasteiger partial charge in [-0.3, -0.25) is 0 Å². The first-order chi connectivity index (χ1) is 5.79. The second kappa shape index (κ2) is 4.13. The molecular weight excluding hydrogens is 196 g/mol. The SMILES string of the molecule is O=C([O-])[C@@]1(C(F)(F)F)CC[C@@H](O)C1.[Li+]. The van der Waals surface area contributed by atoms with Gasteiger partial charge in [0, 0.05) is 0 Å². The summed E-state index contributed by atoms with van der Waals surface area (Å²) in [6, 6.07) is 0. The van der Waals surface area contributed by atoms with Gasteiger partial charge in [0.15, 0.2) is 0 Å². The summed E-state index contributed by atoms with van der Waals surface area (Å²) in [6.07, 6.45) is -7.57. The average Bonchev–Trinajstić information content (AvgIpc) is 2.30. The largest absolute Gasteiger partial charge is 1.00 e. The van der Waals surface area contributed by atoms with Crippen molar-refractivity contribution in [1.29, 1.82) is 0 Å². The molecule has 3 nitrogen and oxygen atoms in total. The van der Waals surface area contributed by atoms with Gasteiger partial charge in [-0.2, -0.15) is 13.2 Å². The van der Waals surface area contributed by atoms with Gasteiger partial charge in [-0.25, -0.2) is 0 Å². The zero-order chi connectivity index (χ0) is 10.3. The van der Waals surface area contributed by atoms with Crippen LogP contribution in [0.4, 0.5) is 13.2 Å². The van der Waals surface area contributed by atoms with Crippen molar-refractivity contribution >= 4 is 5.97 Å². The fraction of sp³-hybridized carbons (Fsp3) is 0.857. The number of aliphatic hydroxyl groups is 1. The molecule has 76 valence electrons. The van der Waals surface area contributed by atoms with E-state index in [4.69, 9.17) is 5.11 Å². The minimum atomic E-state index is -4.84. The van der Waals surface area contributed by atoms with Gasteiger partial charge in [0.25, 0.3) is 0 Å². The summed E-state index contributed by atoms with van der Waals surface area (Å²) in [4.78, 5) is 10.4. The number of carboxylic acid groups (broad SMARTS) is 1. The Kier molecular flexibility index (Phi) is 4.08. The first kappa shape index (κ1) is 13.8. The summed E-state index contributed by atoms with van der Waals surface area (Å²) in [7, 11) is 0. The van der Waals surface area contributed by atoms with Gasteiger partial charge in [-0.1, -0.05) is 0 Å². The monoisotopic (exact) mass is 204 g/mol. The second-order valence-electron chi connectivity index (χ2n) is 3.26. The molecule has 0 radical (unpaired) electrons. The van der Waals surface area contributed by atoms with Crippen molar-refractivity contribution in [1.82, 2.24) is 0 Å². The maximum Gasteiger partial charge on any atom is 1.00 e. The quantitative estimate of drug-likeness (QED) is 0.458. The smallest absolute Gasteiger partial charge is 0.549 e. The summed E-state index contributed by atoms with van der Waals surface area (Å²) in [5.74, 6) is -2.14. The number of hydrogen-bond acceptors (Lipinski definition) is 3. The standard InChI is InChI=1S/C7H9F3O3.Li/c8-7(9,10)6(5(12)13)2-1-4(11)3-6;/h4,11H,1-3H2,(H,12,13);/q;+1/p-1/t4-,6-;/m1./s1. The first-order valence-electron chi connectivity index (χ1n) is 3.76. The third-order valence-electron chi connectivity index (χ3n) is 2.42. The molecule has 0 aliphatic heterocycles. The van der Waals surface area contributed by atoms with Crippen molar-refractivity contribution in [3.05, 3.63) is 0 Å². The molecule has 1 N–H and O–H groups in total. The van der Waals surface area contributed by atoms with E-state index in [9.17, 15) is 23.1 Å². The summed E-state index contributed by atoms with van der Waals surface area (Å²) < 4.78 is 36.9. The first-order valence-corrected chi connectivity index (χ1v) is 3.76. The van der Waals surface area contributed by atoms with Crippen molar-refractivity contribution in [2.75, 3.05) is 0 Å². The number of aliphatic hydroxyl groups excluding tert-OH is 1. The van der Waals surface area contributed by atoms with E-state index in [-0.39, 0.29) is 25.3 Å². The van der Waals surface area contributed by atoms with E-state index in [1.807, 2.05) is 0 Å². The van der Waals surface area contributed by atoms with E-state index in [2.05, 4.69) is 0 Å². The number of hydrogen-bond donors (Lipinski definition) is 1. The maximum atomic E-state index is 12.3. The molecule has 0 aromatic heterocycles. The molecule has 7 heteroatoms. The Bertz CT molecular complexity index is 231. The molecule has 0 aromatic rings. The van der Waals surface area contributed by atoms with Crippen LogP contribution >= 0.6 is 0 Å².